The molecule has 0 bridgehead atoms. The number of thiazole rings is 1. The van der Waals surface area contributed by atoms with E-state index >= 15 is 0 Å². The number of rotatable bonds is 7. The Hall–Kier alpha value is -1.96. The second-order valence-electron chi connectivity index (χ2n) is 8.07. The second kappa shape index (κ2) is 9.90. The molecule has 7 heteroatoms. The number of amides is 1. The topological polar surface area (TPSA) is 48.9 Å². The summed E-state index contributed by atoms with van der Waals surface area (Å²) in [5, 5.41) is 0.892. The van der Waals surface area contributed by atoms with Crippen LogP contribution in [0.1, 0.15) is 35.1 Å². The monoisotopic (exact) mass is 428 g/mol. The Labute approximate surface area is 183 Å². The third kappa shape index (κ3) is 5.02. The maximum Gasteiger partial charge on any atom is 0.265 e. The van der Waals surface area contributed by atoms with Crippen molar-refractivity contribution < 1.29 is 9.53 Å². The van der Waals surface area contributed by atoms with Gasteiger partial charge in [-0.3, -0.25) is 9.69 Å². The molecule has 6 nitrogen and oxygen atoms in total. The summed E-state index contributed by atoms with van der Waals surface area (Å²) >= 11 is 1.50. The van der Waals surface area contributed by atoms with Gasteiger partial charge in [-0.05, 0) is 64.0 Å². The molecule has 0 saturated carbocycles. The van der Waals surface area contributed by atoms with E-state index in [-0.39, 0.29) is 5.91 Å². The Morgan fingerprint density at radius 1 is 1.00 bits per heavy atom. The number of hydrogen-bond donors (Lipinski definition) is 0. The molecule has 1 amide bonds. The molecule has 0 radical (unpaired) electrons. The van der Waals surface area contributed by atoms with Gasteiger partial charge >= 0.3 is 0 Å². The van der Waals surface area contributed by atoms with E-state index in [1.807, 2.05) is 43.0 Å². The molecule has 30 heavy (non-hydrogen) atoms. The van der Waals surface area contributed by atoms with Gasteiger partial charge in [0.05, 0.1) is 12.3 Å². The third-order valence-electron chi connectivity index (χ3n) is 5.99. The van der Waals surface area contributed by atoms with E-state index in [0.29, 0.717) is 6.61 Å². The van der Waals surface area contributed by atoms with Crippen molar-refractivity contribution in [3.8, 4) is 16.3 Å². The Morgan fingerprint density at radius 3 is 2.27 bits per heavy atom. The summed E-state index contributed by atoms with van der Waals surface area (Å²) in [5.41, 5.74) is 1.85. The highest BCUT2D eigenvalue weighted by molar-refractivity contribution is 7.17. The first-order valence-electron chi connectivity index (χ1n) is 11.1. The zero-order valence-electron chi connectivity index (χ0n) is 18.1. The summed E-state index contributed by atoms with van der Waals surface area (Å²) in [4.78, 5) is 25.6. The van der Waals surface area contributed by atoms with E-state index in [1.165, 1.54) is 37.3 Å². The normalized spacial score (nSPS) is 18.1. The first-order chi connectivity index (χ1) is 14.6. The van der Waals surface area contributed by atoms with Gasteiger partial charge in [0.2, 0.25) is 0 Å². The number of carbonyl (C=O) groups excluding carboxylic acids is 1. The fourth-order valence-corrected chi connectivity index (χ4v) is 5.23. The minimum atomic E-state index is 0.126. The number of carbonyl (C=O) groups is 1. The SMILES string of the molecule is CCOc1ccc(-c2nc(C)c(C(=O)N3CCN(CCN4CCCC4)CC3)s2)cc1. The zero-order valence-corrected chi connectivity index (χ0v) is 18.9. The number of piperazine rings is 1. The van der Waals surface area contributed by atoms with E-state index < -0.39 is 0 Å². The van der Waals surface area contributed by atoms with Crippen LogP contribution in [-0.2, 0) is 0 Å². The van der Waals surface area contributed by atoms with Crippen LogP contribution in [0.3, 0.4) is 0 Å². The average molecular weight is 429 g/mol. The van der Waals surface area contributed by atoms with E-state index in [0.717, 1.165) is 66.2 Å². The van der Waals surface area contributed by atoms with E-state index in [1.54, 1.807) is 0 Å². The van der Waals surface area contributed by atoms with Crippen molar-refractivity contribution >= 4 is 17.2 Å². The highest BCUT2D eigenvalue weighted by Crippen LogP contribution is 2.30. The van der Waals surface area contributed by atoms with Crippen molar-refractivity contribution in [2.24, 2.45) is 0 Å². The smallest absolute Gasteiger partial charge is 0.265 e. The molecule has 4 rings (SSSR count). The Bertz CT molecular complexity index is 837. The zero-order chi connectivity index (χ0) is 20.9. The maximum absolute atomic E-state index is 13.1. The lowest BCUT2D eigenvalue weighted by molar-refractivity contribution is 0.0630. The molecule has 1 aromatic carbocycles. The van der Waals surface area contributed by atoms with Crippen molar-refractivity contribution in [1.82, 2.24) is 19.7 Å². The lowest BCUT2D eigenvalue weighted by atomic mass is 10.2. The Morgan fingerprint density at radius 2 is 1.63 bits per heavy atom. The van der Waals surface area contributed by atoms with Crippen LogP contribution in [-0.4, -0.2) is 84.6 Å². The van der Waals surface area contributed by atoms with Crippen molar-refractivity contribution in [3.63, 3.8) is 0 Å². The van der Waals surface area contributed by atoms with Crippen LogP contribution in [0.4, 0.5) is 0 Å². The lowest BCUT2D eigenvalue weighted by Crippen LogP contribution is -2.50. The fourth-order valence-electron chi connectivity index (χ4n) is 4.19. The first-order valence-corrected chi connectivity index (χ1v) is 11.9. The van der Waals surface area contributed by atoms with E-state index in [2.05, 4.69) is 14.8 Å². The molecule has 2 aromatic rings. The molecule has 1 aromatic heterocycles. The molecule has 0 unspecified atom stereocenters. The van der Waals surface area contributed by atoms with Crippen molar-refractivity contribution in [2.75, 3.05) is 59.0 Å². The standard InChI is InChI=1S/C23H32N4O2S/c1-3-29-20-8-6-19(7-9-20)22-24-18(2)21(30-22)23(28)27-16-14-26(15-17-27)13-12-25-10-4-5-11-25/h6-9H,3-5,10-17H2,1-2H3. The molecule has 0 spiro atoms. The van der Waals surface area contributed by atoms with Gasteiger partial charge in [-0.2, -0.15) is 0 Å². The molecule has 0 aliphatic carbocycles. The second-order valence-corrected chi connectivity index (χ2v) is 9.07. The van der Waals surface area contributed by atoms with Crippen molar-refractivity contribution in [1.29, 1.82) is 0 Å². The predicted molar refractivity (Wildman–Crippen MR) is 121 cm³/mol. The number of benzene rings is 1. The van der Waals surface area contributed by atoms with Gasteiger partial charge in [0.15, 0.2) is 0 Å². The molecule has 162 valence electrons. The average Bonchev–Trinajstić information content (AvgIpc) is 3.43. The number of aryl methyl sites for hydroxylation is 1. The molecule has 0 N–H and O–H groups in total. The van der Waals surface area contributed by atoms with Crippen LogP contribution in [0.15, 0.2) is 24.3 Å². The van der Waals surface area contributed by atoms with Crippen molar-refractivity contribution in [2.45, 2.75) is 26.7 Å². The largest absolute Gasteiger partial charge is 0.494 e. The summed E-state index contributed by atoms with van der Waals surface area (Å²) in [6.07, 6.45) is 2.68. The highest BCUT2D eigenvalue weighted by Gasteiger charge is 2.26. The molecule has 2 aliphatic heterocycles. The summed E-state index contributed by atoms with van der Waals surface area (Å²) < 4.78 is 5.51. The number of hydrogen-bond acceptors (Lipinski definition) is 6. The summed E-state index contributed by atoms with van der Waals surface area (Å²) in [6.45, 7) is 12.9. The fraction of sp³-hybridized carbons (Fsp3) is 0.565. The van der Waals surface area contributed by atoms with Crippen molar-refractivity contribution in [3.05, 3.63) is 34.8 Å². The molecular formula is C23H32N4O2S. The van der Waals surface area contributed by atoms with E-state index in [4.69, 9.17) is 4.74 Å². The first kappa shape index (κ1) is 21.3. The number of ether oxygens (including phenoxy) is 1. The molecule has 3 heterocycles. The molecule has 0 atom stereocenters. The Balaban J connectivity index is 1.33. The maximum atomic E-state index is 13.1. The van der Waals surface area contributed by atoms with Gasteiger partial charge in [-0.15, -0.1) is 11.3 Å². The quantitative estimate of drug-likeness (QED) is 0.677. The predicted octanol–water partition coefficient (Wildman–Crippen LogP) is 3.37. The third-order valence-corrected chi connectivity index (χ3v) is 7.19. The molecule has 2 aliphatic rings. The van der Waals surface area contributed by atoms with Crippen LogP contribution in [0.25, 0.3) is 10.6 Å². The van der Waals surface area contributed by atoms with Crippen LogP contribution in [0.5, 0.6) is 5.75 Å². The van der Waals surface area contributed by atoms with Crippen LogP contribution >= 0.6 is 11.3 Å². The van der Waals surface area contributed by atoms with Gasteiger partial charge in [0.1, 0.15) is 15.6 Å². The van der Waals surface area contributed by atoms with Crippen LogP contribution in [0, 0.1) is 6.92 Å². The molecule has 2 saturated heterocycles. The van der Waals surface area contributed by atoms with Crippen LogP contribution in [0.2, 0.25) is 0 Å². The number of aromatic nitrogens is 1. The van der Waals surface area contributed by atoms with Gasteiger partial charge in [-0.25, -0.2) is 4.98 Å². The highest BCUT2D eigenvalue weighted by atomic mass is 32.1. The summed E-state index contributed by atoms with van der Waals surface area (Å²) in [6, 6.07) is 7.93. The lowest BCUT2D eigenvalue weighted by Gasteiger charge is -2.35. The number of nitrogens with zero attached hydrogens (tertiary/aromatic N) is 4. The van der Waals surface area contributed by atoms with Gasteiger partial charge in [0, 0.05) is 44.8 Å². The molecular weight excluding hydrogens is 396 g/mol. The van der Waals surface area contributed by atoms with Crippen LogP contribution < -0.4 is 4.74 Å². The van der Waals surface area contributed by atoms with E-state index in [9.17, 15) is 4.79 Å². The number of likely N-dealkylation sites (tertiary alicyclic amines) is 1. The van der Waals surface area contributed by atoms with Gasteiger partial charge in [0.25, 0.3) is 5.91 Å². The Kier molecular flexibility index (Phi) is 7.02. The van der Waals surface area contributed by atoms with Gasteiger partial charge in [-0.1, -0.05) is 0 Å². The summed E-state index contributed by atoms with van der Waals surface area (Å²) in [7, 11) is 0. The minimum absolute atomic E-state index is 0.126. The summed E-state index contributed by atoms with van der Waals surface area (Å²) in [5.74, 6) is 0.981. The minimum Gasteiger partial charge on any atom is -0.494 e. The van der Waals surface area contributed by atoms with Gasteiger partial charge < -0.3 is 14.5 Å². The molecule has 2 fully saturated rings.